The molecule has 1 aliphatic rings. The van der Waals surface area contributed by atoms with E-state index in [-0.39, 0.29) is 12.4 Å². The van der Waals surface area contributed by atoms with Crippen LogP contribution in [0.1, 0.15) is 12.5 Å². The summed E-state index contributed by atoms with van der Waals surface area (Å²) in [6.45, 7) is 6.62. The molecule has 1 unspecified atom stereocenters. The Kier molecular flexibility index (Phi) is 5.17. The van der Waals surface area contributed by atoms with Crippen LogP contribution < -0.4 is 5.32 Å². The Bertz CT molecular complexity index is 509. The number of halogens is 1. The number of piperazine rings is 1. The summed E-state index contributed by atoms with van der Waals surface area (Å²) in [5, 5.41) is 7.67. The van der Waals surface area contributed by atoms with E-state index in [4.69, 9.17) is 0 Å². The molecule has 1 aliphatic heterocycles. The summed E-state index contributed by atoms with van der Waals surface area (Å²) in [5.74, 6) is 0. The molecule has 2 heterocycles. The van der Waals surface area contributed by atoms with Crippen LogP contribution in [0.4, 0.5) is 0 Å². The summed E-state index contributed by atoms with van der Waals surface area (Å²) >= 11 is 0. The smallest absolute Gasteiger partial charge is 0.0645 e. The van der Waals surface area contributed by atoms with Gasteiger partial charge in [-0.05, 0) is 30.7 Å². The van der Waals surface area contributed by atoms with Gasteiger partial charge in [0.25, 0.3) is 0 Å². The number of hydrogen-bond donors (Lipinski definition) is 1. The number of hydrogen-bond acceptors (Lipinski definition) is 3. The van der Waals surface area contributed by atoms with Crippen molar-refractivity contribution in [3.63, 3.8) is 0 Å². The Labute approximate surface area is 126 Å². The van der Waals surface area contributed by atoms with Gasteiger partial charge in [-0.15, -0.1) is 12.4 Å². The van der Waals surface area contributed by atoms with Crippen LogP contribution in [-0.4, -0.2) is 40.4 Å². The zero-order chi connectivity index (χ0) is 13.1. The highest BCUT2D eigenvalue weighted by Crippen LogP contribution is 2.13. The number of benzene rings is 1. The van der Waals surface area contributed by atoms with E-state index in [1.54, 1.807) is 6.20 Å². The van der Waals surface area contributed by atoms with Gasteiger partial charge in [0.1, 0.15) is 0 Å². The normalized spacial score (nSPS) is 19.6. The summed E-state index contributed by atoms with van der Waals surface area (Å²) < 4.78 is 1.89. The van der Waals surface area contributed by atoms with Crippen LogP contribution in [0.3, 0.4) is 0 Å². The Hall–Kier alpha value is -1.36. The van der Waals surface area contributed by atoms with E-state index in [1.807, 2.05) is 16.9 Å². The lowest BCUT2D eigenvalue weighted by Crippen LogP contribution is -2.49. The number of rotatable bonds is 3. The molecule has 1 atom stereocenters. The first-order valence-corrected chi connectivity index (χ1v) is 6.86. The van der Waals surface area contributed by atoms with Crippen LogP contribution in [-0.2, 0) is 6.54 Å². The van der Waals surface area contributed by atoms with Gasteiger partial charge in [0.15, 0.2) is 0 Å². The van der Waals surface area contributed by atoms with Crippen molar-refractivity contribution in [3.8, 4) is 5.69 Å². The molecule has 1 aromatic carbocycles. The van der Waals surface area contributed by atoms with Crippen LogP contribution in [0.5, 0.6) is 0 Å². The SMILES string of the molecule is CC1CNCCN1Cc1ccc(-n2cccn2)cc1.Cl. The zero-order valence-corrected chi connectivity index (χ0v) is 12.5. The molecule has 1 fully saturated rings. The van der Waals surface area contributed by atoms with Crippen molar-refractivity contribution in [2.45, 2.75) is 19.5 Å². The molecule has 0 spiro atoms. The van der Waals surface area contributed by atoms with Gasteiger partial charge in [-0.1, -0.05) is 12.1 Å². The Morgan fingerprint density at radius 2 is 2.10 bits per heavy atom. The first kappa shape index (κ1) is 15.0. The highest BCUT2D eigenvalue weighted by atomic mass is 35.5. The molecular formula is C15H21ClN4. The Morgan fingerprint density at radius 3 is 2.75 bits per heavy atom. The number of nitrogens with zero attached hydrogens (tertiary/aromatic N) is 3. The van der Waals surface area contributed by atoms with E-state index in [0.717, 1.165) is 31.9 Å². The second kappa shape index (κ2) is 6.88. The van der Waals surface area contributed by atoms with E-state index >= 15 is 0 Å². The van der Waals surface area contributed by atoms with E-state index in [2.05, 4.69) is 46.5 Å². The predicted octanol–water partition coefficient (Wildman–Crippen LogP) is 2.09. The molecule has 0 saturated carbocycles. The lowest BCUT2D eigenvalue weighted by atomic mass is 10.1. The van der Waals surface area contributed by atoms with Gasteiger partial charge in [0, 0.05) is 44.6 Å². The van der Waals surface area contributed by atoms with Crippen molar-refractivity contribution in [2.75, 3.05) is 19.6 Å². The van der Waals surface area contributed by atoms with E-state index < -0.39 is 0 Å². The number of nitrogens with one attached hydrogen (secondary N) is 1. The summed E-state index contributed by atoms with van der Waals surface area (Å²) in [4.78, 5) is 2.53. The number of aromatic nitrogens is 2. The third-order valence-corrected chi connectivity index (χ3v) is 3.73. The second-order valence-corrected chi connectivity index (χ2v) is 5.14. The molecule has 2 aromatic rings. The molecule has 0 radical (unpaired) electrons. The topological polar surface area (TPSA) is 33.1 Å². The molecule has 0 amide bonds. The summed E-state index contributed by atoms with van der Waals surface area (Å²) in [7, 11) is 0. The minimum Gasteiger partial charge on any atom is -0.314 e. The summed E-state index contributed by atoms with van der Waals surface area (Å²) in [5.41, 5.74) is 2.48. The molecule has 3 rings (SSSR count). The van der Waals surface area contributed by atoms with Crippen molar-refractivity contribution < 1.29 is 0 Å². The van der Waals surface area contributed by atoms with Gasteiger partial charge in [0.05, 0.1) is 5.69 Å². The lowest BCUT2D eigenvalue weighted by molar-refractivity contribution is 0.165. The molecule has 1 N–H and O–H groups in total. The average molecular weight is 293 g/mol. The van der Waals surface area contributed by atoms with Gasteiger partial charge < -0.3 is 5.32 Å². The van der Waals surface area contributed by atoms with Crippen molar-refractivity contribution in [1.29, 1.82) is 0 Å². The van der Waals surface area contributed by atoms with E-state index in [9.17, 15) is 0 Å². The van der Waals surface area contributed by atoms with Crippen molar-refractivity contribution in [2.24, 2.45) is 0 Å². The minimum absolute atomic E-state index is 0. The van der Waals surface area contributed by atoms with Gasteiger partial charge in [-0.25, -0.2) is 4.68 Å². The van der Waals surface area contributed by atoms with Gasteiger partial charge in [0.2, 0.25) is 0 Å². The van der Waals surface area contributed by atoms with Crippen molar-refractivity contribution in [3.05, 3.63) is 48.3 Å². The Balaban J connectivity index is 0.00000147. The van der Waals surface area contributed by atoms with E-state index in [0.29, 0.717) is 6.04 Å². The molecule has 1 saturated heterocycles. The first-order chi connectivity index (χ1) is 9.33. The quantitative estimate of drug-likeness (QED) is 0.940. The fraction of sp³-hybridized carbons (Fsp3) is 0.400. The maximum absolute atomic E-state index is 4.24. The maximum Gasteiger partial charge on any atom is 0.0645 e. The van der Waals surface area contributed by atoms with Crippen molar-refractivity contribution in [1.82, 2.24) is 20.0 Å². The van der Waals surface area contributed by atoms with Gasteiger partial charge in [-0.2, -0.15) is 5.10 Å². The minimum atomic E-state index is 0. The third kappa shape index (κ3) is 3.39. The summed E-state index contributed by atoms with van der Waals surface area (Å²) in [6, 6.07) is 11.2. The molecule has 5 heteroatoms. The predicted molar refractivity (Wildman–Crippen MR) is 83.6 cm³/mol. The molecular weight excluding hydrogens is 272 g/mol. The monoisotopic (exact) mass is 292 g/mol. The third-order valence-electron chi connectivity index (χ3n) is 3.73. The van der Waals surface area contributed by atoms with Crippen LogP contribution in [0.25, 0.3) is 5.69 Å². The molecule has 4 nitrogen and oxygen atoms in total. The zero-order valence-electron chi connectivity index (χ0n) is 11.7. The van der Waals surface area contributed by atoms with Gasteiger partial charge >= 0.3 is 0 Å². The average Bonchev–Trinajstić information content (AvgIpc) is 2.96. The Morgan fingerprint density at radius 1 is 1.30 bits per heavy atom. The first-order valence-electron chi connectivity index (χ1n) is 6.86. The van der Waals surface area contributed by atoms with Crippen molar-refractivity contribution >= 4 is 12.4 Å². The van der Waals surface area contributed by atoms with Crippen LogP contribution in [0, 0.1) is 0 Å². The molecule has 0 aliphatic carbocycles. The van der Waals surface area contributed by atoms with Crippen LogP contribution in [0.15, 0.2) is 42.7 Å². The standard InChI is InChI=1S/C15H20N4.ClH/c1-13-11-16-8-10-18(13)12-14-3-5-15(6-4-14)19-9-2-7-17-19;/h2-7,9,13,16H,8,10-12H2,1H3;1H. The fourth-order valence-electron chi connectivity index (χ4n) is 2.53. The van der Waals surface area contributed by atoms with Gasteiger partial charge in [-0.3, -0.25) is 4.90 Å². The highest BCUT2D eigenvalue weighted by Gasteiger charge is 2.17. The molecule has 108 valence electrons. The van der Waals surface area contributed by atoms with Crippen LogP contribution >= 0.6 is 12.4 Å². The molecule has 1 aromatic heterocycles. The second-order valence-electron chi connectivity index (χ2n) is 5.14. The molecule has 0 bridgehead atoms. The maximum atomic E-state index is 4.24. The van der Waals surface area contributed by atoms with Crippen LogP contribution in [0.2, 0.25) is 0 Å². The summed E-state index contributed by atoms with van der Waals surface area (Å²) in [6.07, 6.45) is 3.77. The van der Waals surface area contributed by atoms with E-state index in [1.165, 1.54) is 5.56 Å². The molecule has 20 heavy (non-hydrogen) atoms. The fourth-order valence-corrected chi connectivity index (χ4v) is 2.53. The highest BCUT2D eigenvalue weighted by molar-refractivity contribution is 5.85. The largest absolute Gasteiger partial charge is 0.314 e. The lowest BCUT2D eigenvalue weighted by Gasteiger charge is -2.33.